The number of hydrogen-bond acceptors (Lipinski definition) is 5. The van der Waals surface area contributed by atoms with E-state index in [4.69, 9.17) is 11.6 Å². The third kappa shape index (κ3) is 1.37. The molecule has 0 saturated carbocycles. The van der Waals surface area contributed by atoms with Gasteiger partial charge in [-0.25, -0.2) is 5.90 Å². The van der Waals surface area contributed by atoms with Gasteiger partial charge in [0, 0.05) is 0 Å². The first-order valence-electron chi connectivity index (χ1n) is 2.31. The molecule has 6 nitrogen and oxygen atoms in total. The smallest absolute Gasteiger partial charge is 0.239 e. The van der Waals surface area contributed by atoms with Crippen molar-refractivity contribution in [1.29, 1.82) is 0 Å². The molecule has 1 heterocycles. The fourth-order valence-electron chi connectivity index (χ4n) is 0.454. The highest BCUT2D eigenvalue weighted by atomic mass is 16.6. The van der Waals surface area contributed by atoms with Crippen LogP contribution in [0.2, 0.25) is 0 Å². The van der Waals surface area contributed by atoms with E-state index in [0.717, 1.165) is 0 Å². The molecule has 0 atom stereocenters. The lowest BCUT2D eigenvalue weighted by molar-refractivity contribution is 0.118. The van der Waals surface area contributed by atoms with Crippen molar-refractivity contribution in [2.45, 2.75) is 6.61 Å². The minimum atomic E-state index is 0.196. The first-order valence-corrected chi connectivity index (χ1v) is 2.31. The minimum absolute atomic E-state index is 0.196. The summed E-state index contributed by atoms with van der Waals surface area (Å²) in [5.41, 5.74) is 5.16. The van der Waals surface area contributed by atoms with E-state index in [9.17, 15) is 0 Å². The number of nitrogens with zero attached hydrogens (tertiary/aromatic N) is 2. The molecule has 0 bridgehead atoms. The average Bonchev–Trinajstić information content (AvgIpc) is 2.17. The standard InChI is InChI=1S/C3H7N5O/c4-3-6-2(1-9-5)7-8-3/h1,5H2,(H3,4,6,7,8). The molecule has 0 saturated heterocycles. The van der Waals surface area contributed by atoms with Gasteiger partial charge in [0.15, 0.2) is 5.82 Å². The van der Waals surface area contributed by atoms with Crippen molar-refractivity contribution in [2.75, 3.05) is 5.73 Å². The first kappa shape index (κ1) is 5.99. The molecule has 6 heteroatoms. The van der Waals surface area contributed by atoms with Gasteiger partial charge < -0.3 is 5.73 Å². The fourth-order valence-corrected chi connectivity index (χ4v) is 0.454. The lowest BCUT2D eigenvalue weighted by atomic mass is 10.7. The van der Waals surface area contributed by atoms with E-state index in [2.05, 4.69) is 20.0 Å². The number of rotatable bonds is 2. The second kappa shape index (κ2) is 2.42. The van der Waals surface area contributed by atoms with E-state index in [-0.39, 0.29) is 12.6 Å². The van der Waals surface area contributed by atoms with Gasteiger partial charge >= 0.3 is 0 Å². The molecule has 0 spiro atoms. The number of aromatic amines is 1. The molecule has 50 valence electrons. The van der Waals surface area contributed by atoms with Crippen molar-refractivity contribution >= 4 is 5.95 Å². The number of nitrogens with one attached hydrogen (secondary N) is 1. The van der Waals surface area contributed by atoms with E-state index in [1.807, 2.05) is 0 Å². The molecule has 1 aromatic heterocycles. The van der Waals surface area contributed by atoms with Crippen molar-refractivity contribution in [1.82, 2.24) is 15.2 Å². The van der Waals surface area contributed by atoms with E-state index < -0.39 is 0 Å². The lowest BCUT2D eigenvalue weighted by Gasteiger charge is -1.87. The van der Waals surface area contributed by atoms with Crippen molar-refractivity contribution in [3.05, 3.63) is 5.82 Å². The van der Waals surface area contributed by atoms with Gasteiger partial charge in [-0.05, 0) is 0 Å². The quantitative estimate of drug-likeness (QED) is 0.434. The van der Waals surface area contributed by atoms with Gasteiger partial charge in [-0.1, -0.05) is 0 Å². The van der Waals surface area contributed by atoms with Gasteiger partial charge in [0.05, 0.1) is 0 Å². The topological polar surface area (TPSA) is 103 Å². The maximum Gasteiger partial charge on any atom is 0.239 e. The minimum Gasteiger partial charge on any atom is -0.367 e. The van der Waals surface area contributed by atoms with E-state index >= 15 is 0 Å². The highest BCUT2D eigenvalue weighted by molar-refractivity contribution is 5.11. The van der Waals surface area contributed by atoms with Gasteiger partial charge in [-0.2, -0.15) is 4.98 Å². The Morgan fingerprint density at radius 1 is 1.67 bits per heavy atom. The van der Waals surface area contributed by atoms with Crippen LogP contribution in [0.4, 0.5) is 5.95 Å². The number of H-pyrrole nitrogens is 1. The Morgan fingerprint density at radius 2 is 2.44 bits per heavy atom. The summed E-state index contributed by atoms with van der Waals surface area (Å²) in [7, 11) is 0. The van der Waals surface area contributed by atoms with Crippen LogP contribution in [0.25, 0.3) is 0 Å². The van der Waals surface area contributed by atoms with Crippen molar-refractivity contribution in [3.8, 4) is 0 Å². The number of nitrogen functional groups attached to an aromatic ring is 1. The molecule has 0 aromatic carbocycles. The summed E-state index contributed by atoms with van der Waals surface area (Å²) in [6.07, 6.45) is 0. The molecule has 1 rings (SSSR count). The Bertz CT molecular complexity index is 184. The number of aromatic nitrogens is 3. The Morgan fingerprint density at radius 3 is 2.89 bits per heavy atom. The van der Waals surface area contributed by atoms with Crippen molar-refractivity contribution in [3.63, 3.8) is 0 Å². The third-order valence-electron chi connectivity index (χ3n) is 0.769. The molecular formula is C3H7N5O. The van der Waals surface area contributed by atoms with Crippen molar-refractivity contribution in [2.24, 2.45) is 5.90 Å². The monoisotopic (exact) mass is 129 g/mol. The van der Waals surface area contributed by atoms with Gasteiger partial charge in [-0.15, -0.1) is 5.10 Å². The summed E-state index contributed by atoms with van der Waals surface area (Å²) >= 11 is 0. The first-order chi connectivity index (χ1) is 4.33. The van der Waals surface area contributed by atoms with Crippen LogP contribution in [0.5, 0.6) is 0 Å². The second-order valence-corrected chi connectivity index (χ2v) is 1.45. The van der Waals surface area contributed by atoms with E-state index in [0.29, 0.717) is 5.82 Å². The zero-order valence-electron chi connectivity index (χ0n) is 4.66. The predicted molar refractivity (Wildman–Crippen MR) is 29.8 cm³/mol. The normalized spacial score (nSPS) is 9.89. The summed E-state index contributed by atoms with van der Waals surface area (Å²) in [6, 6.07) is 0. The molecule has 9 heavy (non-hydrogen) atoms. The van der Waals surface area contributed by atoms with Crippen LogP contribution in [-0.2, 0) is 11.4 Å². The highest BCUT2D eigenvalue weighted by Gasteiger charge is 1.95. The molecule has 0 aliphatic carbocycles. The molecule has 1 aromatic rings. The van der Waals surface area contributed by atoms with Crippen LogP contribution >= 0.6 is 0 Å². The van der Waals surface area contributed by atoms with Gasteiger partial charge in [0.1, 0.15) is 6.61 Å². The number of nitrogens with two attached hydrogens (primary N) is 2. The zero-order valence-corrected chi connectivity index (χ0v) is 4.66. The average molecular weight is 129 g/mol. The summed E-state index contributed by atoms with van der Waals surface area (Å²) in [4.78, 5) is 7.96. The zero-order chi connectivity index (χ0) is 6.69. The molecule has 5 N–H and O–H groups in total. The molecule has 0 fully saturated rings. The maximum absolute atomic E-state index is 5.16. The molecule has 0 amide bonds. The highest BCUT2D eigenvalue weighted by Crippen LogP contribution is 1.91. The summed E-state index contributed by atoms with van der Waals surface area (Å²) < 4.78 is 0. The van der Waals surface area contributed by atoms with Crippen molar-refractivity contribution < 1.29 is 4.84 Å². The Labute approximate surface area is 51.2 Å². The predicted octanol–water partition coefficient (Wildman–Crippen LogP) is -1.22. The maximum atomic E-state index is 5.16. The molecule has 0 unspecified atom stereocenters. The molecule has 0 aliphatic heterocycles. The van der Waals surface area contributed by atoms with Gasteiger partial charge in [-0.3, -0.25) is 9.94 Å². The summed E-state index contributed by atoms with van der Waals surface area (Å²) in [6.45, 7) is 0.199. The lowest BCUT2D eigenvalue weighted by Crippen LogP contribution is -2.00. The van der Waals surface area contributed by atoms with Crippen LogP contribution in [0.15, 0.2) is 0 Å². The number of anilines is 1. The summed E-state index contributed by atoms with van der Waals surface area (Å²) in [5, 5.41) is 6.06. The van der Waals surface area contributed by atoms with Crippen LogP contribution in [0, 0.1) is 0 Å². The van der Waals surface area contributed by atoms with Crippen LogP contribution in [0.1, 0.15) is 5.82 Å². The Kier molecular flexibility index (Phi) is 1.61. The summed E-state index contributed by atoms with van der Waals surface area (Å²) in [5.74, 6) is 5.46. The van der Waals surface area contributed by atoms with Gasteiger partial charge in [0.2, 0.25) is 5.95 Å². The number of hydrogen-bond donors (Lipinski definition) is 3. The Hall–Kier alpha value is -1.14. The molecule has 0 radical (unpaired) electrons. The fraction of sp³-hybridized carbons (Fsp3) is 0.333. The van der Waals surface area contributed by atoms with E-state index in [1.165, 1.54) is 0 Å². The third-order valence-corrected chi connectivity index (χ3v) is 0.769. The largest absolute Gasteiger partial charge is 0.367 e. The van der Waals surface area contributed by atoms with E-state index in [1.54, 1.807) is 0 Å². The molecular weight excluding hydrogens is 122 g/mol. The van der Waals surface area contributed by atoms with Crippen LogP contribution in [0.3, 0.4) is 0 Å². The SMILES string of the molecule is NOCc1nc(N)n[nH]1. The molecule has 0 aliphatic rings. The van der Waals surface area contributed by atoms with Crippen LogP contribution in [-0.4, -0.2) is 15.2 Å². The Balaban J connectivity index is 2.61. The van der Waals surface area contributed by atoms with Crippen LogP contribution < -0.4 is 11.6 Å². The van der Waals surface area contributed by atoms with Gasteiger partial charge in [0.25, 0.3) is 0 Å². The second-order valence-electron chi connectivity index (χ2n) is 1.45.